The highest BCUT2D eigenvalue weighted by Crippen LogP contribution is 2.17. The van der Waals surface area contributed by atoms with Crippen molar-refractivity contribution in [3.05, 3.63) is 34.7 Å². The molecule has 0 saturated carbocycles. The molecular formula is C9H9ClN2O. The number of hydrogen-bond donors (Lipinski definition) is 1. The zero-order valence-electron chi connectivity index (χ0n) is 7.16. The van der Waals surface area contributed by atoms with Gasteiger partial charge in [-0.3, -0.25) is 4.40 Å². The Balaban J connectivity index is 2.82. The molecule has 3 nitrogen and oxygen atoms in total. The van der Waals surface area contributed by atoms with Crippen molar-refractivity contribution in [2.45, 2.75) is 13.5 Å². The monoisotopic (exact) mass is 196 g/mol. The van der Waals surface area contributed by atoms with E-state index in [1.807, 2.05) is 13.0 Å². The van der Waals surface area contributed by atoms with Gasteiger partial charge in [-0.15, -0.1) is 0 Å². The quantitative estimate of drug-likeness (QED) is 0.755. The lowest BCUT2D eigenvalue weighted by Gasteiger charge is -2.01. The zero-order chi connectivity index (χ0) is 9.42. The molecule has 0 amide bonds. The Morgan fingerprint density at radius 1 is 1.62 bits per heavy atom. The first kappa shape index (κ1) is 8.53. The standard InChI is InChI=1S/C9H9ClN2O/c1-6-2-7(10)4-12-8(5-13)3-11-9(6)12/h2-4,13H,5H2,1H3. The van der Waals surface area contributed by atoms with Gasteiger partial charge < -0.3 is 5.11 Å². The van der Waals surface area contributed by atoms with Crippen molar-refractivity contribution in [2.24, 2.45) is 0 Å². The van der Waals surface area contributed by atoms with Gasteiger partial charge in [0.1, 0.15) is 5.65 Å². The predicted octanol–water partition coefficient (Wildman–Crippen LogP) is 1.79. The average Bonchev–Trinajstić information content (AvgIpc) is 2.47. The van der Waals surface area contributed by atoms with E-state index in [1.54, 1.807) is 16.8 Å². The summed E-state index contributed by atoms with van der Waals surface area (Å²) >= 11 is 5.88. The Labute approximate surface area is 80.6 Å². The number of rotatable bonds is 1. The molecule has 0 fully saturated rings. The van der Waals surface area contributed by atoms with Crippen LogP contribution in [-0.4, -0.2) is 14.5 Å². The Morgan fingerprint density at radius 2 is 2.38 bits per heavy atom. The largest absolute Gasteiger partial charge is 0.390 e. The van der Waals surface area contributed by atoms with Crippen LogP contribution in [0.4, 0.5) is 0 Å². The molecule has 0 aromatic carbocycles. The Morgan fingerprint density at radius 3 is 3.08 bits per heavy atom. The van der Waals surface area contributed by atoms with E-state index in [4.69, 9.17) is 16.7 Å². The lowest BCUT2D eigenvalue weighted by atomic mass is 10.3. The summed E-state index contributed by atoms with van der Waals surface area (Å²) in [5.41, 5.74) is 2.60. The normalized spacial score (nSPS) is 11.0. The molecule has 0 aliphatic heterocycles. The molecule has 68 valence electrons. The maximum Gasteiger partial charge on any atom is 0.140 e. The molecule has 1 N–H and O–H groups in total. The van der Waals surface area contributed by atoms with Crippen LogP contribution in [0.1, 0.15) is 11.3 Å². The summed E-state index contributed by atoms with van der Waals surface area (Å²) in [5.74, 6) is 0. The van der Waals surface area contributed by atoms with Gasteiger partial charge in [-0.2, -0.15) is 0 Å². The maximum absolute atomic E-state index is 9.00. The summed E-state index contributed by atoms with van der Waals surface area (Å²) < 4.78 is 1.80. The first-order valence-corrected chi connectivity index (χ1v) is 4.33. The van der Waals surface area contributed by atoms with Crippen LogP contribution in [-0.2, 0) is 6.61 Å². The molecule has 0 spiro atoms. The van der Waals surface area contributed by atoms with E-state index >= 15 is 0 Å². The van der Waals surface area contributed by atoms with E-state index in [1.165, 1.54) is 0 Å². The minimum Gasteiger partial charge on any atom is -0.390 e. The number of halogens is 1. The van der Waals surface area contributed by atoms with E-state index in [-0.39, 0.29) is 6.61 Å². The lowest BCUT2D eigenvalue weighted by Crippen LogP contribution is -1.93. The fourth-order valence-electron chi connectivity index (χ4n) is 1.38. The van der Waals surface area contributed by atoms with Crippen molar-refractivity contribution in [1.29, 1.82) is 0 Å². The fraction of sp³-hybridized carbons (Fsp3) is 0.222. The number of aryl methyl sites for hydroxylation is 1. The number of aliphatic hydroxyl groups is 1. The van der Waals surface area contributed by atoms with Crippen LogP contribution in [0.3, 0.4) is 0 Å². The second-order valence-electron chi connectivity index (χ2n) is 2.94. The Hall–Kier alpha value is -1.06. The topological polar surface area (TPSA) is 37.5 Å². The first-order valence-electron chi connectivity index (χ1n) is 3.95. The summed E-state index contributed by atoms with van der Waals surface area (Å²) in [6.45, 7) is 1.91. The number of hydrogen-bond acceptors (Lipinski definition) is 2. The Kier molecular flexibility index (Phi) is 1.98. The SMILES string of the molecule is Cc1cc(Cl)cn2c(CO)cnc12. The molecule has 13 heavy (non-hydrogen) atoms. The van der Waals surface area contributed by atoms with Crippen molar-refractivity contribution >= 4 is 17.2 Å². The Bertz CT molecular complexity index is 450. The molecule has 4 heteroatoms. The first-order chi connectivity index (χ1) is 6.22. The van der Waals surface area contributed by atoms with Crippen LogP contribution >= 0.6 is 11.6 Å². The van der Waals surface area contributed by atoms with E-state index in [0.29, 0.717) is 5.02 Å². The van der Waals surface area contributed by atoms with Crippen molar-refractivity contribution < 1.29 is 5.11 Å². The van der Waals surface area contributed by atoms with Gasteiger partial charge in [-0.25, -0.2) is 4.98 Å². The van der Waals surface area contributed by atoms with Crippen LogP contribution in [0.2, 0.25) is 5.02 Å². The summed E-state index contributed by atoms with van der Waals surface area (Å²) in [7, 11) is 0. The highest BCUT2D eigenvalue weighted by Gasteiger charge is 2.04. The van der Waals surface area contributed by atoms with E-state index in [0.717, 1.165) is 16.9 Å². The van der Waals surface area contributed by atoms with Crippen LogP contribution in [0.25, 0.3) is 5.65 Å². The molecule has 2 rings (SSSR count). The summed E-state index contributed by atoms with van der Waals surface area (Å²) in [5, 5.41) is 9.65. The zero-order valence-corrected chi connectivity index (χ0v) is 7.91. The van der Waals surface area contributed by atoms with Gasteiger partial charge in [0.15, 0.2) is 0 Å². The number of aliphatic hydroxyl groups excluding tert-OH is 1. The van der Waals surface area contributed by atoms with Gasteiger partial charge in [-0.05, 0) is 18.6 Å². The highest BCUT2D eigenvalue weighted by molar-refractivity contribution is 6.30. The van der Waals surface area contributed by atoms with E-state index < -0.39 is 0 Å². The van der Waals surface area contributed by atoms with E-state index in [9.17, 15) is 0 Å². The van der Waals surface area contributed by atoms with Gasteiger partial charge in [0.25, 0.3) is 0 Å². The van der Waals surface area contributed by atoms with Crippen LogP contribution in [0.5, 0.6) is 0 Å². The fourth-order valence-corrected chi connectivity index (χ4v) is 1.64. The molecule has 0 radical (unpaired) electrons. The molecule has 2 aromatic rings. The number of fused-ring (bicyclic) bond motifs is 1. The van der Waals surface area contributed by atoms with E-state index in [2.05, 4.69) is 4.98 Å². The predicted molar refractivity (Wildman–Crippen MR) is 50.9 cm³/mol. The molecule has 0 atom stereocenters. The molecule has 2 aromatic heterocycles. The minimum absolute atomic E-state index is 0.0268. The lowest BCUT2D eigenvalue weighted by molar-refractivity contribution is 0.276. The molecule has 0 aliphatic rings. The summed E-state index contributed by atoms with van der Waals surface area (Å²) in [6, 6.07) is 1.85. The smallest absolute Gasteiger partial charge is 0.140 e. The third-order valence-corrected chi connectivity index (χ3v) is 2.20. The third-order valence-electron chi connectivity index (χ3n) is 2.00. The van der Waals surface area contributed by atoms with Crippen LogP contribution in [0.15, 0.2) is 18.5 Å². The van der Waals surface area contributed by atoms with Crippen LogP contribution in [0, 0.1) is 6.92 Å². The second-order valence-corrected chi connectivity index (χ2v) is 3.38. The third kappa shape index (κ3) is 1.30. The molecule has 0 unspecified atom stereocenters. The number of pyridine rings is 1. The van der Waals surface area contributed by atoms with Crippen LogP contribution < -0.4 is 0 Å². The van der Waals surface area contributed by atoms with Crippen molar-refractivity contribution in [3.63, 3.8) is 0 Å². The minimum atomic E-state index is -0.0268. The highest BCUT2D eigenvalue weighted by atomic mass is 35.5. The van der Waals surface area contributed by atoms with Gasteiger partial charge in [-0.1, -0.05) is 11.6 Å². The average molecular weight is 197 g/mol. The van der Waals surface area contributed by atoms with Gasteiger partial charge in [0.05, 0.1) is 23.5 Å². The van der Waals surface area contributed by atoms with Crippen molar-refractivity contribution in [3.8, 4) is 0 Å². The number of nitrogens with zero attached hydrogens (tertiary/aromatic N) is 2. The van der Waals surface area contributed by atoms with Gasteiger partial charge in [0, 0.05) is 6.20 Å². The molecule has 0 aliphatic carbocycles. The molecular weight excluding hydrogens is 188 g/mol. The number of imidazole rings is 1. The molecule has 0 bridgehead atoms. The molecule has 0 saturated heterocycles. The molecule has 2 heterocycles. The second kappa shape index (κ2) is 3.01. The van der Waals surface area contributed by atoms with Crippen molar-refractivity contribution in [1.82, 2.24) is 9.38 Å². The van der Waals surface area contributed by atoms with Gasteiger partial charge in [0.2, 0.25) is 0 Å². The van der Waals surface area contributed by atoms with Crippen molar-refractivity contribution in [2.75, 3.05) is 0 Å². The maximum atomic E-state index is 9.00. The van der Waals surface area contributed by atoms with Gasteiger partial charge >= 0.3 is 0 Å². The summed E-state index contributed by atoms with van der Waals surface area (Å²) in [6.07, 6.45) is 3.40. The summed E-state index contributed by atoms with van der Waals surface area (Å²) in [4.78, 5) is 4.17. The number of aromatic nitrogens is 2.